The lowest BCUT2D eigenvalue weighted by Crippen LogP contribution is -2.23. The van der Waals surface area contributed by atoms with Gasteiger partial charge >= 0.3 is 0 Å². The summed E-state index contributed by atoms with van der Waals surface area (Å²) in [5.41, 5.74) is 0.204. The summed E-state index contributed by atoms with van der Waals surface area (Å²) in [4.78, 5) is 15.0. The number of methoxy groups -OCH3 is 1. The monoisotopic (exact) mass is 328 g/mol. The van der Waals surface area contributed by atoms with E-state index in [1.54, 1.807) is 7.11 Å². The van der Waals surface area contributed by atoms with Crippen molar-refractivity contribution in [3.05, 3.63) is 34.5 Å². The Hall–Kier alpha value is -1.50. The second-order valence-corrected chi connectivity index (χ2v) is 5.86. The van der Waals surface area contributed by atoms with Gasteiger partial charge < -0.3 is 15.0 Å². The Morgan fingerprint density at radius 2 is 2.14 bits per heavy atom. The average molecular weight is 329 g/mol. The Morgan fingerprint density at radius 3 is 2.86 bits per heavy atom. The van der Waals surface area contributed by atoms with E-state index in [-0.39, 0.29) is 40.5 Å². The fourth-order valence-electron chi connectivity index (χ4n) is 2.87. The average Bonchev–Trinajstić information content (AvgIpc) is 3.11. The SMILES string of the molecule is CO[C@H]1CNC[C@@H]1CC(=O)c1cc2cc(Cl)c(F)c(F)c2[nH]1. The molecule has 1 aliphatic heterocycles. The van der Waals surface area contributed by atoms with Gasteiger partial charge in [-0.3, -0.25) is 4.79 Å². The highest BCUT2D eigenvalue weighted by Crippen LogP contribution is 2.28. The van der Waals surface area contributed by atoms with Crippen molar-refractivity contribution in [1.82, 2.24) is 10.3 Å². The number of Topliss-reactive ketones (excluding diaryl/α,β-unsaturated/α-hetero) is 1. The highest BCUT2D eigenvalue weighted by molar-refractivity contribution is 6.31. The maximum atomic E-state index is 13.8. The maximum absolute atomic E-state index is 13.8. The van der Waals surface area contributed by atoms with Gasteiger partial charge in [0.1, 0.15) is 0 Å². The van der Waals surface area contributed by atoms with Crippen LogP contribution >= 0.6 is 11.6 Å². The number of benzene rings is 1. The molecule has 4 nitrogen and oxygen atoms in total. The number of carbonyl (C=O) groups is 1. The molecule has 3 rings (SSSR count). The summed E-state index contributed by atoms with van der Waals surface area (Å²) >= 11 is 5.62. The van der Waals surface area contributed by atoms with Crippen LogP contribution in [0.15, 0.2) is 12.1 Å². The molecule has 7 heteroatoms. The summed E-state index contributed by atoms with van der Waals surface area (Å²) < 4.78 is 32.6. The fraction of sp³-hybridized carbons (Fsp3) is 0.400. The van der Waals surface area contributed by atoms with E-state index in [0.29, 0.717) is 18.5 Å². The second-order valence-electron chi connectivity index (χ2n) is 5.45. The highest BCUT2D eigenvalue weighted by atomic mass is 35.5. The van der Waals surface area contributed by atoms with Crippen LogP contribution in [0.3, 0.4) is 0 Å². The van der Waals surface area contributed by atoms with Gasteiger partial charge in [0.2, 0.25) is 0 Å². The van der Waals surface area contributed by atoms with Crippen LogP contribution in [0.5, 0.6) is 0 Å². The van der Waals surface area contributed by atoms with E-state index in [2.05, 4.69) is 10.3 Å². The second kappa shape index (κ2) is 5.95. The minimum atomic E-state index is -1.12. The molecule has 1 aromatic heterocycles. The number of ether oxygens (including phenoxy) is 1. The summed E-state index contributed by atoms with van der Waals surface area (Å²) in [5.74, 6) is -2.29. The van der Waals surface area contributed by atoms with Crippen molar-refractivity contribution < 1.29 is 18.3 Å². The number of aromatic amines is 1. The van der Waals surface area contributed by atoms with Crippen molar-refractivity contribution in [2.24, 2.45) is 5.92 Å². The largest absolute Gasteiger partial charge is 0.380 e. The first-order valence-electron chi connectivity index (χ1n) is 6.94. The third-order valence-corrected chi connectivity index (χ3v) is 4.36. The van der Waals surface area contributed by atoms with Crippen molar-refractivity contribution >= 4 is 28.3 Å². The topological polar surface area (TPSA) is 54.1 Å². The molecule has 2 N–H and O–H groups in total. The standard InChI is InChI=1S/C15H15ClF2N2O2/c1-22-12-6-19-5-8(12)4-11(21)10-3-7-2-9(16)13(17)14(18)15(7)20-10/h2-3,8,12,19-20H,4-6H2,1H3/t8-,12-/m0/s1. The van der Waals surface area contributed by atoms with E-state index < -0.39 is 11.6 Å². The first kappa shape index (κ1) is 15.4. The molecule has 0 unspecified atom stereocenters. The van der Waals surface area contributed by atoms with Gasteiger partial charge in [0.05, 0.1) is 22.3 Å². The minimum absolute atomic E-state index is 0.0167. The van der Waals surface area contributed by atoms with Crippen molar-refractivity contribution in [3.8, 4) is 0 Å². The molecule has 0 spiro atoms. The van der Waals surface area contributed by atoms with Crippen molar-refractivity contribution in [1.29, 1.82) is 0 Å². The van der Waals surface area contributed by atoms with Crippen molar-refractivity contribution in [2.75, 3.05) is 20.2 Å². The summed E-state index contributed by atoms with van der Waals surface area (Å²) in [7, 11) is 1.61. The molecule has 2 heterocycles. The zero-order chi connectivity index (χ0) is 15.9. The predicted octanol–water partition coefficient (Wildman–Crippen LogP) is 2.91. The summed E-state index contributed by atoms with van der Waals surface area (Å²) in [5, 5.41) is 3.24. The molecule has 0 radical (unpaired) electrons. The van der Waals surface area contributed by atoms with Gasteiger partial charge in [-0.1, -0.05) is 11.6 Å². The summed E-state index contributed by atoms with van der Waals surface area (Å²) in [6.45, 7) is 1.40. The first-order valence-corrected chi connectivity index (χ1v) is 7.32. The van der Waals surface area contributed by atoms with Crippen molar-refractivity contribution in [2.45, 2.75) is 12.5 Å². The molecule has 1 saturated heterocycles. The van der Waals surface area contributed by atoms with E-state index in [4.69, 9.17) is 16.3 Å². The molecular weight excluding hydrogens is 314 g/mol. The number of rotatable bonds is 4. The van der Waals surface area contributed by atoms with Gasteiger partial charge in [0, 0.05) is 37.9 Å². The number of hydrogen-bond acceptors (Lipinski definition) is 3. The number of H-pyrrole nitrogens is 1. The van der Waals surface area contributed by atoms with Crippen LogP contribution in [0, 0.1) is 17.6 Å². The Morgan fingerprint density at radius 1 is 1.36 bits per heavy atom. The zero-order valence-electron chi connectivity index (χ0n) is 11.9. The highest BCUT2D eigenvalue weighted by Gasteiger charge is 2.29. The number of ketones is 1. The van der Waals surface area contributed by atoms with E-state index >= 15 is 0 Å². The van der Waals surface area contributed by atoms with E-state index in [1.165, 1.54) is 12.1 Å². The van der Waals surface area contributed by atoms with Crippen LogP contribution in [-0.4, -0.2) is 37.1 Å². The van der Waals surface area contributed by atoms with Crippen LogP contribution in [0.1, 0.15) is 16.9 Å². The van der Waals surface area contributed by atoms with Gasteiger partial charge in [0.15, 0.2) is 17.4 Å². The number of hydrogen-bond donors (Lipinski definition) is 2. The molecular formula is C15H15ClF2N2O2. The molecule has 0 bridgehead atoms. The lowest BCUT2D eigenvalue weighted by molar-refractivity contribution is 0.0707. The molecule has 2 aromatic rings. The predicted molar refractivity (Wildman–Crippen MR) is 79.3 cm³/mol. The molecule has 1 aromatic carbocycles. The third kappa shape index (κ3) is 2.62. The molecule has 2 atom stereocenters. The molecule has 1 aliphatic rings. The molecule has 0 amide bonds. The third-order valence-electron chi connectivity index (χ3n) is 4.08. The minimum Gasteiger partial charge on any atom is -0.380 e. The Kier molecular flexibility index (Phi) is 4.16. The Bertz CT molecular complexity index is 732. The zero-order valence-corrected chi connectivity index (χ0v) is 12.6. The van der Waals surface area contributed by atoms with Gasteiger partial charge in [-0.05, 0) is 12.1 Å². The van der Waals surface area contributed by atoms with Crippen LogP contribution < -0.4 is 5.32 Å². The number of aromatic nitrogens is 1. The first-order chi connectivity index (χ1) is 10.5. The molecule has 118 valence electrons. The molecule has 0 aliphatic carbocycles. The number of halogens is 3. The van der Waals surface area contributed by atoms with Crippen LogP contribution in [0.4, 0.5) is 8.78 Å². The van der Waals surface area contributed by atoms with Gasteiger partial charge in [-0.25, -0.2) is 8.78 Å². The molecule has 22 heavy (non-hydrogen) atoms. The molecule has 0 saturated carbocycles. The number of carbonyl (C=O) groups excluding carboxylic acids is 1. The van der Waals surface area contributed by atoms with Gasteiger partial charge in [-0.2, -0.15) is 0 Å². The number of nitrogens with one attached hydrogen (secondary N) is 2. The van der Waals surface area contributed by atoms with Crippen LogP contribution in [-0.2, 0) is 4.74 Å². The van der Waals surface area contributed by atoms with Crippen LogP contribution in [0.25, 0.3) is 10.9 Å². The van der Waals surface area contributed by atoms with Gasteiger partial charge in [0.25, 0.3) is 0 Å². The van der Waals surface area contributed by atoms with E-state index in [0.717, 1.165) is 0 Å². The van der Waals surface area contributed by atoms with E-state index in [1.807, 2.05) is 0 Å². The Labute approximate surface area is 130 Å². The van der Waals surface area contributed by atoms with Gasteiger partial charge in [-0.15, -0.1) is 0 Å². The van der Waals surface area contributed by atoms with E-state index in [9.17, 15) is 13.6 Å². The summed E-state index contributed by atoms with van der Waals surface area (Å²) in [6.07, 6.45) is 0.257. The fourth-order valence-corrected chi connectivity index (χ4v) is 3.07. The normalized spacial score (nSPS) is 21.6. The maximum Gasteiger partial charge on any atom is 0.184 e. The summed E-state index contributed by atoms with van der Waals surface area (Å²) in [6, 6.07) is 2.80. The van der Waals surface area contributed by atoms with Crippen molar-refractivity contribution in [3.63, 3.8) is 0 Å². The Balaban J connectivity index is 1.87. The molecule has 1 fully saturated rings. The van der Waals surface area contributed by atoms with Crippen LogP contribution in [0.2, 0.25) is 5.02 Å². The lowest BCUT2D eigenvalue weighted by Gasteiger charge is -2.15. The lowest BCUT2D eigenvalue weighted by atomic mass is 9.98. The number of fused-ring (bicyclic) bond motifs is 1. The smallest absolute Gasteiger partial charge is 0.184 e. The quantitative estimate of drug-likeness (QED) is 0.670.